The van der Waals surface area contributed by atoms with Crippen LogP contribution in [0.3, 0.4) is 0 Å². The molecule has 0 saturated carbocycles. The fraction of sp³-hybridized carbons (Fsp3) is 0.412. The van der Waals surface area contributed by atoms with Crippen LogP contribution >= 0.6 is 23.1 Å². The number of hydrogen-bond donors (Lipinski definition) is 2. The Morgan fingerprint density at radius 2 is 2.23 bits per heavy atom. The Labute approximate surface area is 158 Å². The highest BCUT2D eigenvalue weighted by Gasteiger charge is 2.60. The van der Waals surface area contributed by atoms with E-state index in [2.05, 4.69) is 4.98 Å². The summed E-state index contributed by atoms with van der Waals surface area (Å²) in [7, 11) is 1.92. The number of thioether (sulfide) groups is 1. The fourth-order valence-electron chi connectivity index (χ4n) is 3.75. The van der Waals surface area contributed by atoms with Gasteiger partial charge in [0.1, 0.15) is 18.3 Å². The van der Waals surface area contributed by atoms with Crippen molar-refractivity contribution in [2.75, 3.05) is 0 Å². The Bertz CT molecular complexity index is 968. The van der Waals surface area contributed by atoms with Crippen molar-refractivity contribution < 1.29 is 24.4 Å². The number of hydrogen-bond acceptors (Lipinski definition) is 6. The molecular formula is C17H18N3O4S2+. The first-order chi connectivity index (χ1) is 12.3. The van der Waals surface area contributed by atoms with Gasteiger partial charge in [0.25, 0.3) is 0 Å². The van der Waals surface area contributed by atoms with Crippen LogP contribution in [0.2, 0.25) is 0 Å². The zero-order valence-electron chi connectivity index (χ0n) is 14.4. The SMILES string of the molecule is C[C@@H](O)[C@H]1C(=O)N2C(C(=O)O)=C(Sc3nc4c[n+](C)ccc4s3)[C@H](C)[C@H]12. The highest BCUT2D eigenvalue weighted by atomic mass is 32.2. The van der Waals surface area contributed by atoms with Crippen molar-refractivity contribution >= 4 is 45.2 Å². The Hall–Kier alpha value is -1.97. The number of aryl methyl sites for hydroxylation is 1. The minimum absolute atomic E-state index is 0.0270. The van der Waals surface area contributed by atoms with Gasteiger partial charge in [-0.15, -0.1) is 11.3 Å². The summed E-state index contributed by atoms with van der Waals surface area (Å²) in [4.78, 5) is 30.7. The van der Waals surface area contributed by atoms with E-state index in [-0.39, 0.29) is 23.6 Å². The third kappa shape index (κ3) is 2.45. The third-order valence-corrected chi connectivity index (χ3v) is 7.34. The lowest BCUT2D eigenvalue weighted by Crippen LogP contribution is -2.63. The minimum Gasteiger partial charge on any atom is -0.477 e. The lowest BCUT2D eigenvalue weighted by molar-refractivity contribution is -0.670. The molecule has 136 valence electrons. The lowest BCUT2D eigenvalue weighted by atomic mass is 9.79. The molecule has 26 heavy (non-hydrogen) atoms. The summed E-state index contributed by atoms with van der Waals surface area (Å²) in [5.74, 6) is -2.15. The molecular weight excluding hydrogens is 374 g/mol. The van der Waals surface area contributed by atoms with Crippen LogP contribution in [0.25, 0.3) is 10.2 Å². The van der Waals surface area contributed by atoms with E-state index >= 15 is 0 Å². The standard InChI is InChI=1S/C17H17N3O4S2/c1-7-12-11(8(2)21)15(22)20(12)13(16(23)24)14(7)26-17-18-9-6-19(3)5-4-10(9)25-17/h4-8,11-12,21H,1-3H3/p+1/t7-,8-,11-,12-/m1/s1. The molecule has 4 heterocycles. The number of carbonyl (C=O) groups excluding carboxylic acids is 1. The van der Waals surface area contributed by atoms with Gasteiger partial charge < -0.3 is 15.1 Å². The number of carbonyl (C=O) groups is 2. The van der Waals surface area contributed by atoms with Crippen molar-refractivity contribution in [2.45, 2.75) is 30.3 Å². The number of carboxylic acids is 1. The Kier molecular flexibility index (Phi) is 4.05. The molecule has 1 saturated heterocycles. The number of β-lactam (4-membered cyclic amide) rings is 1. The molecule has 2 aromatic rings. The molecule has 2 aliphatic heterocycles. The second kappa shape index (κ2) is 6.04. The van der Waals surface area contributed by atoms with Crippen LogP contribution in [0.4, 0.5) is 0 Å². The molecule has 1 amide bonds. The smallest absolute Gasteiger partial charge is 0.353 e. The van der Waals surface area contributed by atoms with E-state index < -0.39 is 18.0 Å². The molecule has 0 aromatic carbocycles. The number of nitrogens with zero attached hydrogens (tertiary/aromatic N) is 3. The molecule has 4 rings (SSSR count). The monoisotopic (exact) mass is 392 g/mol. The summed E-state index contributed by atoms with van der Waals surface area (Å²) < 4.78 is 3.68. The van der Waals surface area contributed by atoms with Crippen LogP contribution in [0.5, 0.6) is 0 Å². The number of rotatable bonds is 4. The van der Waals surface area contributed by atoms with Crippen molar-refractivity contribution in [3.63, 3.8) is 0 Å². The maximum atomic E-state index is 12.4. The van der Waals surface area contributed by atoms with Gasteiger partial charge in [0.15, 0.2) is 16.7 Å². The van der Waals surface area contributed by atoms with Crippen LogP contribution in [0.15, 0.2) is 33.4 Å². The third-order valence-electron chi connectivity index (χ3n) is 4.96. The average Bonchev–Trinajstić information content (AvgIpc) is 3.05. The van der Waals surface area contributed by atoms with Crippen molar-refractivity contribution in [1.29, 1.82) is 0 Å². The van der Waals surface area contributed by atoms with E-state index in [9.17, 15) is 19.8 Å². The molecule has 7 nitrogen and oxygen atoms in total. The first-order valence-electron chi connectivity index (χ1n) is 8.22. The fourth-order valence-corrected chi connectivity index (χ4v) is 6.06. The van der Waals surface area contributed by atoms with E-state index in [1.165, 1.54) is 28.0 Å². The molecule has 2 N–H and O–H groups in total. The molecule has 4 atom stereocenters. The van der Waals surface area contributed by atoms with Crippen LogP contribution in [-0.2, 0) is 16.6 Å². The van der Waals surface area contributed by atoms with E-state index in [4.69, 9.17) is 0 Å². The Morgan fingerprint density at radius 3 is 2.88 bits per heavy atom. The van der Waals surface area contributed by atoms with Crippen LogP contribution < -0.4 is 4.57 Å². The van der Waals surface area contributed by atoms with E-state index in [0.29, 0.717) is 4.91 Å². The zero-order valence-corrected chi connectivity index (χ0v) is 16.0. The van der Waals surface area contributed by atoms with Crippen molar-refractivity contribution in [3.8, 4) is 0 Å². The van der Waals surface area contributed by atoms with E-state index in [1.807, 2.05) is 37.0 Å². The first-order valence-corrected chi connectivity index (χ1v) is 9.85. The predicted molar refractivity (Wildman–Crippen MR) is 96.3 cm³/mol. The highest BCUT2D eigenvalue weighted by molar-refractivity contribution is 8.04. The van der Waals surface area contributed by atoms with Crippen molar-refractivity contribution in [1.82, 2.24) is 9.88 Å². The average molecular weight is 392 g/mol. The number of aromatic nitrogens is 2. The van der Waals surface area contributed by atoms with Gasteiger partial charge in [-0.3, -0.25) is 4.79 Å². The summed E-state index contributed by atoms with van der Waals surface area (Å²) in [5, 5.41) is 19.6. The highest BCUT2D eigenvalue weighted by Crippen LogP contribution is 2.52. The van der Waals surface area contributed by atoms with Gasteiger partial charge in [0, 0.05) is 16.9 Å². The number of carboxylic acid groups (broad SMARTS) is 1. The molecule has 0 radical (unpaired) electrons. The van der Waals surface area contributed by atoms with E-state index in [0.717, 1.165) is 14.6 Å². The minimum atomic E-state index is -1.12. The molecule has 0 aliphatic carbocycles. The second-order valence-electron chi connectivity index (χ2n) is 6.71. The summed E-state index contributed by atoms with van der Waals surface area (Å²) in [6.07, 6.45) is 3.06. The van der Waals surface area contributed by atoms with Gasteiger partial charge >= 0.3 is 5.97 Å². The predicted octanol–water partition coefficient (Wildman–Crippen LogP) is 1.37. The van der Waals surface area contributed by atoms with Gasteiger partial charge in [-0.2, -0.15) is 0 Å². The number of aliphatic hydroxyl groups is 1. The van der Waals surface area contributed by atoms with Crippen molar-refractivity contribution in [2.24, 2.45) is 18.9 Å². The van der Waals surface area contributed by atoms with E-state index in [1.54, 1.807) is 6.92 Å². The zero-order chi connectivity index (χ0) is 18.7. The van der Waals surface area contributed by atoms with Crippen LogP contribution in [0.1, 0.15) is 13.8 Å². The second-order valence-corrected chi connectivity index (χ2v) is 9.03. The Morgan fingerprint density at radius 1 is 1.50 bits per heavy atom. The number of aliphatic carboxylic acids is 1. The van der Waals surface area contributed by atoms with Gasteiger partial charge in [-0.25, -0.2) is 14.3 Å². The van der Waals surface area contributed by atoms with Gasteiger partial charge in [0.05, 0.1) is 22.8 Å². The largest absolute Gasteiger partial charge is 0.477 e. The molecule has 0 spiro atoms. The quantitative estimate of drug-likeness (QED) is 0.603. The van der Waals surface area contributed by atoms with Crippen LogP contribution in [0, 0.1) is 11.8 Å². The van der Waals surface area contributed by atoms with Gasteiger partial charge in [0.2, 0.25) is 5.91 Å². The molecule has 2 aliphatic rings. The number of aliphatic hydroxyl groups excluding tert-OH is 1. The lowest BCUT2D eigenvalue weighted by Gasteiger charge is -2.46. The molecule has 1 fully saturated rings. The topological polar surface area (TPSA) is 94.6 Å². The van der Waals surface area contributed by atoms with Crippen LogP contribution in [-0.4, -0.2) is 44.1 Å². The molecule has 0 bridgehead atoms. The molecule has 9 heteroatoms. The number of pyridine rings is 1. The Balaban J connectivity index is 1.72. The molecule has 2 aromatic heterocycles. The van der Waals surface area contributed by atoms with Crippen molar-refractivity contribution in [3.05, 3.63) is 29.1 Å². The summed E-state index contributed by atoms with van der Waals surface area (Å²) >= 11 is 2.81. The summed E-state index contributed by atoms with van der Waals surface area (Å²) in [5.41, 5.74) is 0.881. The number of amides is 1. The first kappa shape index (κ1) is 17.4. The summed E-state index contributed by atoms with van der Waals surface area (Å²) in [6, 6.07) is 1.67. The molecule has 0 unspecified atom stereocenters. The van der Waals surface area contributed by atoms with Gasteiger partial charge in [-0.05, 0) is 6.92 Å². The number of thiazole rings is 1. The normalized spacial score (nSPS) is 26.2. The maximum Gasteiger partial charge on any atom is 0.353 e. The number of fused-ring (bicyclic) bond motifs is 2. The maximum absolute atomic E-state index is 12.4. The summed E-state index contributed by atoms with van der Waals surface area (Å²) in [6.45, 7) is 3.48. The van der Waals surface area contributed by atoms with Gasteiger partial charge in [-0.1, -0.05) is 18.7 Å².